The van der Waals surface area contributed by atoms with Gasteiger partial charge in [-0.2, -0.15) is 10.1 Å². The number of nitrogens with zero attached hydrogens (tertiary/aromatic N) is 2. The standard InChI is InChI=1S/C21H27Br2N4O8P/c1-12(2)33-18(29)13(3)26-36(31,35-14-7-5-4-6-8-14)32-11-15-17(28)21(22,23)19(34-15)27-10-9-16(24)25-20(27)30/h4-10,12-13,15,17,19,28H,11H2,1-3H3,(H,26,31)(H2,24,25,30)/t13-,15+,17+,19+,36-/m0/s1. The first-order valence-electron chi connectivity index (χ1n) is 10.9. The molecule has 0 aliphatic carbocycles. The number of anilines is 1. The Hall–Kier alpha value is -1.80. The molecule has 15 heteroatoms. The molecule has 3 rings (SSSR count). The molecule has 0 spiro atoms. The molecular formula is C21H27Br2N4O8P. The van der Waals surface area contributed by atoms with Crippen molar-refractivity contribution < 1.29 is 33.0 Å². The summed E-state index contributed by atoms with van der Waals surface area (Å²) in [5.74, 6) is -0.407. The van der Waals surface area contributed by atoms with Gasteiger partial charge in [-0.1, -0.05) is 50.1 Å². The number of esters is 1. The van der Waals surface area contributed by atoms with Gasteiger partial charge in [0.05, 0.1) is 12.7 Å². The van der Waals surface area contributed by atoms with E-state index < -0.39 is 53.7 Å². The number of alkyl halides is 2. The number of nitrogen functional groups attached to an aromatic ring is 1. The topological polar surface area (TPSA) is 164 Å². The number of nitrogens with one attached hydrogen (secondary N) is 1. The largest absolute Gasteiger partial charge is 0.462 e. The van der Waals surface area contributed by atoms with E-state index in [0.29, 0.717) is 0 Å². The van der Waals surface area contributed by atoms with Crippen molar-refractivity contribution in [3.8, 4) is 5.75 Å². The van der Waals surface area contributed by atoms with Crippen LogP contribution in [0.4, 0.5) is 5.82 Å². The van der Waals surface area contributed by atoms with E-state index in [0.717, 1.165) is 4.57 Å². The van der Waals surface area contributed by atoms with Crippen LogP contribution in [0.3, 0.4) is 0 Å². The SMILES string of the molecule is CC(C)OC(=O)[C@H](C)N[P@](=O)(OC[C@H]1O[C@@H](n2ccc(N)nc2=O)C(Br)(Br)[C@@H]1O)Oc1ccccc1. The van der Waals surface area contributed by atoms with E-state index in [2.05, 4.69) is 41.9 Å². The number of benzene rings is 1. The van der Waals surface area contributed by atoms with Gasteiger partial charge < -0.3 is 24.8 Å². The third kappa shape index (κ3) is 6.94. The molecule has 12 nitrogen and oxygen atoms in total. The highest BCUT2D eigenvalue weighted by Crippen LogP contribution is 2.51. The highest BCUT2D eigenvalue weighted by Gasteiger charge is 2.55. The van der Waals surface area contributed by atoms with E-state index in [4.69, 9.17) is 24.3 Å². The lowest BCUT2D eigenvalue weighted by Crippen LogP contribution is -2.40. The fraction of sp³-hybridized carbons (Fsp3) is 0.476. The van der Waals surface area contributed by atoms with Crippen LogP contribution in [0.15, 0.2) is 47.4 Å². The molecule has 4 N–H and O–H groups in total. The van der Waals surface area contributed by atoms with Gasteiger partial charge in [0, 0.05) is 6.20 Å². The molecule has 1 aromatic heterocycles. The first-order valence-corrected chi connectivity index (χ1v) is 14.0. The van der Waals surface area contributed by atoms with Crippen molar-refractivity contribution in [3.63, 3.8) is 0 Å². The van der Waals surface area contributed by atoms with Crippen molar-refractivity contribution in [3.05, 3.63) is 53.1 Å². The summed E-state index contributed by atoms with van der Waals surface area (Å²) in [5, 5.41) is 13.4. The summed E-state index contributed by atoms with van der Waals surface area (Å²) in [5.41, 5.74) is 4.85. The number of carbonyl (C=O) groups is 1. The van der Waals surface area contributed by atoms with E-state index in [1.165, 1.54) is 19.2 Å². The summed E-state index contributed by atoms with van der Waals surface area (Å²) in [4.78, 5) is 28.3. The predicted octanol–water partition coefficient (Wildman–Crippen LogP) is 2.70. The summed E-state index contributed by atoms with van der Waals surface area (Å²) in [6.07, 6.45) is -2.43. The molecule has 198 valence electrons. The molecule has 1 aliphatic heterocycles. The van der Waals surface area contributed by atoms with Gasteiger partial charge >= 0.3 is 19.4 Å². The highest BCUT2D eigenvalue weighted by molar-refractivity contribution is 9.25. The third-order valence-electron chi connectivity index (χ3n) is 4.92. The number of para-hydroxylation sites is 1. The second-order valence-electron chi connectivity index (χ2n) is 8.22. The molecule has 2 aromatic rings. The maximum atomic E-state index is 13.6. The van der Waals surface area contributed by atoms with Crippen LogP contribution in [0.2, 0.25) is 0 Å². The van der Waals surface area contributed by atoms with Crippen molar-refractivity contribution in [2.45, 2.75) is 54.6 Å². The minimum Gasteiger partial charge on any atom is -0.462 e. The number of ether oxygens (including phenoxy) is 2. The summed E-state index contributed by atoms with van der Waals surface area (Å²) in [6, 6.07) is 8.58. The third-order valence-corrected chi connectivity index (χ3v) is 8.28. The van der Waals surface area contributed by atoms with Crippen LogP contribution < -0.4 is 21.0 Å². The van der Waals surface area contributed by atoms with E-state index in [-0.39, 0.29) is 17.7 Å². The van der Waals surface area contributed by atoms with Gasteiger partial charge in [-0.15, -0.1) is 0 Å². The van der Waals surface area contributed by atoms with E-state index in [9.17, 15) is 19.3 Å². The molecule has 1 saturated heterocycles. The lowest BCUT2D eigenvalue weighted by Gasteiger charge is -2.25. The van der Waals surface area contributed by atoms with Gasteiger partial charge in [0.1, 0.15) is 29.8 Å². The van der Waals surface area contributed by atoms with E-state index in [1.807, 2.05) is 0 Å². The Morgan fingerprint density at radius 2 is 1.97 bits per heavy atom. The zero-order valence-corrected chi connectivity index (χ0v) is 23.7. The Balaban J connectivity index is 1.79. The molecule has 1 aliphatic rings. The zero-order chi connectivity index (χ0) is 26.7. The lowest BCUT2D eigenvalue weighted by molar-refractivity contribution is -0.149. The van der Waals surface area contributed by atoms with Crippen LogP contribution in [-0.4, -0.2) is 54.8 Å². The number of nitrogens with two attached hydrogens (primary N) is 1. The van der Waals surface area contributed by atoms with Crippen LogP contribution in [0, 0.1) is 0 Å². The Morgan fingerprint density at radius 3 is 2.58 bits per heavy atom. The molecule has 0 saturated carbocycles. The van der Waals surface area contributed by atoms with Crippen LogP contribution in [0.1, 0.15) is 27.0 Å². The molecule has 5 atom stereocenters. The molecule has 0 bridgehead atoms. The highest BCUT2D eigenvalue weighted by atomic mass is 79.9. The van der Waals surface area contributed by atoms with Gasteiger partial charge in [-0.25, -0.2) is 9.36 Å². The lowest BCUT2D eigenvalue weighted by atomic mass is 10.2. The Kier molecular flexibility index (Phi) is 9.36. The number of aliphatic hydroxyl groups excluding tert-OH is 1. The number of hydrogen-bond acceptors (Lipinski definition) is 10. The molecule has 0 radical (unpaired) electrons. The molecule has 1 fully saturated rings. The maximum Gasteiger partial charge on any atom is 0.459 e. The number of aliphatic hydroxyl groups is 1. The number of halogens is 2. The van der Waals surface area contributed by atoms with E-state index >= 15 is 0 Å². The van der Waals surface area contributed by atoms with Crippen molar-refractivity contribution >= 4 is 51.4 Å². The summed E-state index contributed by atoms with van der Waals surface area (Å²) >= 11 is 6.70. The van der Waals surface area contributed by atoms with Gasteiger partial charge in [0.15, 0.2) is 9.46 Å². The number of rotatable bonds is 10. The smallest absolute Gasteiger partial charge is 0.459 e. The first kappa shape index (κ1) is 28.8. The average Bonchev–Trinajstić information content (AvgIpc) is 3.01. The van der Waals surface area contributed by atoms with Crippen molar-refractivity contribution in [1.29, 1.82) is 0 Å². The molecule has 0 amide bonds. The van der Waals surface area contributed by atoms with Crippen LogP contribution in [0.5, 0.6) is 5.75 Å². The van der Waals surface area contributed by atoms with Crippen molar-refractivity contribution in [1.82, 2.24) is 14.6 Å². The second kappa shape index (κ2) is 11.7. The molecule has 36 heavy (non-hydrogen) atoms. The second-order valence-corrected chi connectivity index (χ2v) is 13.6. The Morgan fingerprint density at radius 1 is 1.31 bits per heavy atom. The van der Waals surface area contributed by atoms with Crippen molar-refractivity contribution in [2.75, 3.05) is 12.3 Å². The minimum absolute atomic E-state index is 0.0274. The number of aromatic nitrogens is 2. The molecule has 1 aromatic carbocycles. The minimum atomic E-state index is -4.19. The van der Waals surface area contributed by atoms with Crippen molar-refractivity contribution in [2.24, 2.45) is 0 Å². The van der Waals surface area contributed by atoms with Gasteiger partial charge in [-0.05, 0) is 39.0 Å². The van der Waals surface area contributed by atoms with Crippen LogP contribution in [0.25, 0.3) is 0 Å². The normalized spacial score (nSPS) is 23.7. The average molecular weight is 654 g/mol. The number of hydrogen-bond donors (Lipinski definition) is 3. The van der Waals surface area contributed by atoms with Crippen LogP contribution >= 0.6 is 39.6 Å². The van der Waals surface area contributed by atoms with Gasteiger partial charge in [0.25, 0.3) is 0 Å². The number of carbonyl (C=O) groups excluding carboxylic acids is 1. The molecule has 2 heterocycles. The van der Waals surface area contributed by atoms with Gasteiger partial charge in [-0.3, -0.25) is 13.9 Å². The first-order chi connectivity index (χ1) is 16.8. The Labute approximate surface area is 224 Å². The Bertz CT molecular complexity index is 1170. The summed E-state index contributed by atoms with van der Waals surface area (Å²) in [7, 11) is -4.19. The predicted molar refractivity (Wildman–Crippen MR) is 138 cm³/mol. The fourth-order valence-electron chi connectivity index (χ4n) is 3.22. The quantitative estimate of drug-likeness (QED) is 0.196. The van der Waals surface area contributed by atoms with E-state index in [1.54, 1.807) is 44.2 Å². The van der Waals surface area contributed by atoms with Gasteiger partial charge in [0.2, 0.25) is 0 Å². The fourth-order valence-corrected chi connectivity index (χ4v) is 5.97. The molecule has 0 unspecified atom stereocenters. The zero-order valence-electron chi connectivity index (χ0n) is 19.6. The summed E-state index contributed by atoms with van der Waals surface area (Å²) in [6.45, 7) is 4.39. The summed E-state index contributed by atoms with van der Waals surface area (Å²) < 4.78 is 35.7. The monoisotopic (exact) mass is 652 g/mol. The maximum absolute atomic E-state index is 13.6. The van der Waals surface area contributed by atoms with Crippen LogP contribution in [-0.2, 0) is 23.4 Å². The molecular weight excluding hydrogens is 627 g/mol.